The normalized spacial score (nSPS) is 28.5. The molecule has 1 unspecified atom stereocenters. The molecule has 2 rings (SSSR count). The lowest BCUT2D eigenvalue weighted by Crippen LogP contribution is -2.49. The fourth-order valence-electron chi connectivity index (χ4n) is 3.75. The lowest BCUT2D eigenvalue weighted by molar-refractivity contribution is -0.186. The molecule has 1 aliphatic carbocycles. The van der Waals surface area contributed by atoms with Crippen molar-refractivity contribution in [3.05, 3.63) is 0 Å². The third-order valence-electron chi connectivity index (χ3n) is 5.22. The summed E-state index contributed by atoms with van der Waals surface area (Å²) in [4.78, 5) is 2.02. The molecule has 0 amide bonds. The molecule has 1 N–H and O–H groups in total. The lowest BCUT2D eigenvalue weighted by atomic mass is 9.79. The first kappa shape index (κ1) is 16.1. The Morgan fingerprint density at radius 2 is 1.85 bits per heavy atom. The smallest absolute Gasteiger partial charge is 0.314 e. The molecule has 1 saturated heterocycles. The zero-order valence-electron chi connectivity index (χ0n) is 12.4. The second-order valence-electron chi connectivity index (χ2n) is 6.52. The fourth-order valence-corrected chi connectivity index (χ4v) is 3.75. The van der Waals surface area contributed by atoms with E-state index in [2.05, 4.69) is 5.32 Å². The van der Waals surface area contributed by atoms with Gasteiger partial charge in [-0.3, -0.25) is 0 Å². The number of rotatable bonds is 4. The quantitative estimate of drug-likeness (QED) is 0.852. The van der Waals surface area contributed by atoms with Crippen molar-refractivity contribution >= 4 is 0 Å². The average Bonchev–Trinajstić information content (AvgIpc) is 2.46. The minimum atomic E-state index is -4.02. The molecule has 2 fully saturated rings. The van der Waals surface area contributed by atoms with Gasteiger partial charge >= 0.3 is 6.18 Å². The monoisotopic (exact) mass is 292 g/mol. The van der Waals surface area contributed by atoms with E-state index in [1.165, 1.54) is 32.1 Å². The molecule has 118 valence electrons. The van der Waals surface area contributed by atoms with Crippen molar-refractivity contribution in [2.45, 2.75) is 63.1 Å². The molecule has 0 aromatic heterocycles. The molecule has 2 aliphatic rings. The summed E-state index contributed by atoms with van der Waals surface area (Å²) in [7, 11) is 2.00. The van der Waals surface area contributed by atoms with Gasteiger partial charge in [0.25, 0.3) is 0 Å². The molecule has 2 nitrogen and oxygen atoms in total. The van der Waals surface area contributed by atoms with Crippen LogP contribution in [0, 0.1) is 5.92 Å². The first-order chi connectivity index (χ1) is 9.45. The van der Waals surface area contributed by atoms with E-state index in [1.807, 2.05) is 11.9 Å². The van der Waals surface area contributed by atoms with E-state index in [0.29, 0.717) is 12.8 Å². The van der Waals surface area contributed by atoms with E-state index >= 15 is 0 Å². The van der Waals surface area contributed by atoms with E-state index in [9.17, 15) is 13.2 Å². The van der Waals surface area contributed by atoms with Crippen LogP contribution in [-0.2, 0) is 0 Å². The number of piperidine rings is 1. The second kappa shape index (κ2) is 6.65. The van der Waals surface area contributed by atoms with E-state index < -0.39 is 12.1 Å². The maximum absolute atomic E-state index is 12.8. The molecule has 0 radical (unpaired) electrons. The molecule has 1 atom stereocenters. The zero-order chi connectivity index (χ0) is 14.6. The Kier molecular flexibility index (Phi) is 5.35. The fraction of sp³-hybridized carbons (Fsp3) is 1.00. The number of halogens is 3. The van der Waals surface area contributed by atoms with Crippen LogP contribution in [0.1, 0.15) is 51.4 Å². The van der Waals surface area contributed by atoms with Gasteiger partial charge in [0.2, 0.25) is 0 Å². The van der Waals surface area contributed by atoms with Crippen molar-refractivity contribution in [3.8, 4) is 0 Å². The summed E-state index contributed by atoms with van der Waals surface area (Å²) < 4.78 is 38.4. The highest BCUT2D eigenvalue weighted by Crippen LogP contribution is 2.34. The largest absolute Gasteiger partial charge is 0.393 e. The predicted molar refractivity (Wildman–Crippen MR) is 74.7 cm³/mol. The highest BCUT2D eigenvalue weighted by Gasteiger charge is 2.42. The Morgan fingerprint density at radius 3 is 2.45 bits per heavy atom. The van der Waals surface area contributed by atoms with E-state index in [-0.39, 0.29) is 12.1 Å². The highest BCUT2D eigenvalue weighted by atomic mass is 19.4. The van der Waals surface area contributed by atoms with Crippen LogP contribution in [0.5, 0.6) is 0 Å². The summed E-state index contributed by atoms with van der Waals surface area (Å²) in [5.74, 6) is -1.12. The van der Waals surface area contributed by atoms with E-state index in [1.54, 1.807) is 0 Å². The van der Waals surface area contributed by atoms with Gasteiger partial charge in [0.1, 0.15) is 0 Å². The predicted octanol–water partition coefficient (Wildman–Crippen LogP) is 3.57. The Hall–Kier alpha value is -0.290. The Bertz CT molecular complexity index is 298. The highest BCUT2D eigenvalue weighted by molar-refractivity contribution is 4.91. The molecule has 0 aromatic carbocycles. The number of hydrogen-bond acceptors (Lipinski definition) is 2. The first-order valence-corrected chi connectivity index (χ1v) is 7.93. The second-order valence-corrected chi connectivity index (χ2v) is 6.52. The average molecular weight is 292 g/mol. The number of hydrogen-bond donors (Lipinski definition) is 1. The minimum Gasteiger partial charge on any atom is -0.314 e. The summed E-state index contributed by atoms with van der Waals surface area (Å²) in [6.45, 7) is 1.82. The molecule has 20 heavy (non-hydrogen) atoms. The summed E-state index contributed by atoms with van der Waals surface area (Å²) in [6, 6.07) is 0. The maximum atomic E-state index is 12.8. The van der Waals surface area contributed by atoms with Crippen molar-refractivity contribution in [1.82, 2.24) is 10.2 Å². The van der Waals surface area contributed by atoms with Gasteiger partial charge in [0.15, 0.2) is 0 Å². The van der Waals surface area contributed by atoms with Gasteiger partial charge in [-0.25, -0.2) is 0 Å². The minimum absolute atomic E-state index is 0.170. The molecular formula is C15H27F3N2. The van der Waals surface area contributed by atoms with Crippen LogP contribution in [0.2, 0.25) is 0 Å². The topological polar surface area (TPSA) is 15.3 Å². The van der Waals surface area contributed by atoms with Crippen LogP contribution >= 0.6 is 0 Å². The van der Waals surface area contributed by atoms with Crippen molar-refractivity contribution in [2.75, 3.05) is 26.7 Å². The lowest BCUT2D eigenvalue weighted by Gasteiger charge is -2.40. The number of alkyl halides is 3. The van der Waals surface area contributed by atoms with Gasteiger partial charge in [0.05, 0.1) is 5.92 Å². The summed E-state index contributed by atoms with van der Waals surface area (Å²) in [5.41, 5.74) is 0.170. The summed E-state index contributed by atoms with van der Waals surface area (Å²) in [5, 5.41) is 3.45. The van der Waals surface area contributed by atoms with Crippen LogP contribution in [0.25, 0.3) is 0 Å². The third kappa shape index (κ3) is 4.10. The number of nitrogens with zero attached hydrogens (tertiary/aromatic N) is 1. The van der Waals surface area contributed by atoms with E-state index in [0.717, 1.165) is 19.5 Å². The van der Waals surface area contributed by atoms with Crippen LogP contribution in [-0.4, -0.2) is 43.3 Å². The third-order valence-corrected chi connectivity index (χ3v) is 5.22. The van der Waals surface area contributed by atoms with Crippen molar-refractivity contribution in [2.24, 2.45) is 5.92 Å². The molecule has 0 spiro atoms. The Labute approximate surface area is 120 Å². The standard InChI is InChI=1S/C15H27F3N2/c1-19-14(7-3-2-4-8-14)9-11-20-10-5-6-13(12-20)15(16,17)18/h13,19H,2-12H2,1H3. The van der Waals surface area contributed by atoms with Crippen LogP contribution in [0.4, 0.5) is 13.2 Å². The molecule has 1 aliphatic heterocycles. The summed E-state index contributed by atoms with van der Waals surface area (Å²) in [6.07, 6.45) is 4.05. The first-order valence-electron chi connectivity index (χ1n) is 7.93. The van der Waals surface area contributed by atoms with Crippen LogP contribution < -0.4 is 5.32 Å². The Morgan fingerprint density at radius 1 is 1.15 bits per heavy atom. The van der Waals surface area contributed by atoms with Crippen molar-refractivity contribution < 1.29 is 13.2 Å². The zero-order valence-corrected chi connectivity index (χ0v) is 12.4. The number of likely N-dealkylation sites (tertiary alicyclic amines) is 1. The molecule has 5 heteroatoms. The van der Waals surface area contributed by atoms with Gasteiger partial charge in [0, 0.05) is 12.1 Å². The molecule has 0 bridgehead atoms. The molecule has 1 heterocycles. The van der Waals surface area contributed by atoms with Crippen molar-refractivity contribution in [3.63, 3.8) is 0 Å². The van der Waals surface area contributed by atoms with Gasteiger partial charge in [-0.15, -0.1) is 0 Å². The summed E-state index contributed by atoms with van der Waals surface area (Å²) >= 11 is 0. The molecule has 1 saturated carbocycles. The number of nitrogens with one attached hydrogen (secondary N) is 1. The van der Waals surface area contributed by atoms with Crippen LogP contribution in [0.15, 0.2) is 0 Å². The van der Waals surface area contributed by atoms with Gasteiger partial charge in [-0.1, -0.05) is 19.3 Å². The maximum Gasteiger partial charge on any atom is 0.393 e. The SMILES string of the molecule is CNC1(CCN2CCCC(C(F)(F)F)C2)CCCCC1. The van der Waals surface area contributed by atoms with E-state index in [4.69, 9.17) is 0 Å². The Balaban J connectivity index is 1.83. The van der Waals surface area contributed by atoms with Gasteiger partial charge in [-0.05, 0) is 52.2 Å². The van der Waals surface area contributed by atoms with Gasteiger partial charge in [-0.2, -0.15) is 13.2 Å². The molecule has 0 aromatic rings. The van der Waals surface area contributed by atoms with Gasteiger partial charge < -0.3 is 10.2 Å². The molecular weight excluding hydrogens is 265 g/mol. The van der Waals surface area contributed by atoms with Crippen molar-refractivity contribution in [1.29, 1.82) is 0 Å². The van der Waals surface area contributed by atoms with Crippen LogP contribution in [0.3, 0.4) is 0 Å².